The van der Waals surface area contributed by atoms with E-state index in [9.17, 15) is 13.2 Å². The van der Waals surface area contributed by atoms with E-state index in [1.807, 2.05) is 0 Å². The van der Waals surface area contributed by atoms with E-state index in [0.717, 1.165) is 6.42 Å². The molecule has 0 bridgehead atoms. The zero-order valence-electron chi connectivity index (χ0n) is 12.6. The van der Waals surface area contributed by atoms with E-state index in [-0.39, 0.29) is 24.2 Å². The van der Waals surface area contributed by atoms with Gasteiger partial charge in [-0.1, -0.05) is 18.2 Å². The van der Waals surface area contributed by atoms with Crippen LogP contribution in [0, 0.1) is 0 Å². The fourth-order valence-electron chi connectivity index (χ4n) is 2.86. The van der Waals surface area contributed by atoms with Crippen LogP contribution in [-0.4, -0.2) is 52.3 Å². The van der Waals surface area contributed by atoms with Gasteiger partial charge in [-0.05, 0) is 25.0 Å². The number of hydrogen-bond acceptors (Lipinski definition) is 5. The third-order valence-electron chi connectivity index (χ3n) is 3.98. The first-order chi connectivity index (χ1) is 11.1. The highest BCUT2D eigenvalue weighted by Gasteiger charge is 2.33. The highest BCUT2D eigenvalue weighted by atomic mass is 32.2. The fraction of sp³-hybridized carbons (Fsp3) is 0.400. The van der Waals surface area contributed by atoms with Gasteiger partial charge in [0.25, 0.3) is 0 Å². The Kier molecular flexibility index (Phi) is 4.42. The van der Waals surface area contributed by atoms with E-state index in [4.69, 9.17) is 0 Å². The molecule has 23 heavy (non-hydrogen) atoms. The third-order valence-corrected chi connectivity index (χ3v) is 5.79. The standard InChI is InChI=1S/C15H18N4O3S/c20-15(9-18-12-16-11-17-18)19-8-4-5-13(19)10-23(21,22)14-6-2-1-3-7-14/h1-3,6-7,11-13H,4-5,8-10H2. The van der Waals surface area contributed by atoms with Crippen LogP contribution in [0.15, 0.2) is 47.9 Å². The molecular formula is C15H18N4O3S. The van der Waals surface area contributed by atoms with Crippen LogP contribution in [0.2, 0.25) is 0 Å². The van der Waals surface area contributed by atoms with Crippen molar-refractivity contribution in [2.75, 3.05) is 12.3 Å². The molecule has 3 rings (SSSR count). The van der Waals surface area contributed by atoms with Gasteiger partial charge in [0.1, 0.15) is 19.2 Å². The quantitative estimate of drug-likeness (QED) is 0.805. The van der Waals surface area contributed by atoms with Crippen molar-refractivity contribution in [3.63, 3.8) is 0 Å². The van der Waals surface area contributed by atoms with E-state index in [1.54, 1.807) is 35.2 Å². The number of rotatable bonds is 5. The monoisotopic (exact) mass is 334 g/mol. The van der Waals surface area contributed by atoms with Gasteiger partial charge in [-0.2, -0.15) is 5.10 Å². The van der Waals surface area contributed by atoms with Crippen molar-refractivity contribution in [2.45, 2.75) is 30.3 Å². The summed E-state index contributed by atoms with van der Waals surface area (Å²) < 4.78 is 26.5. The Morgan fingerprint density at radius 2 is 2.04 bits per heavy atom. The van der Waals surface area contributed by atoms with Crippen molar-refractivity contribution in [1.29, 1.82) is 0 Å². The average Bonchev–Trinajstić information content (AvgIpc) is 3.19. The van der Waals surface area contributed by atoms with Crippen molar-refractivity contribution < 1.29 is 13.2 Å². The van der Waals surface area contributed by atoms with E-state index in [1.165, 1.54) is 17.3 Å². The molecule has 1 saturated heterocycles. The van der Waals surface area contributed by atoms with Crippen LogP contribution in [0.4, 0.5) is 0 Å². The highest BCUT2D eigenvalue weighted by molar-refractivity contribution is 7.91. The van der Waals surface area contributed by atoms with Crippen LogP contribution in [0.1, 0.15) is 12.8 Å². The van der Waals surface area contributed by atoms with Crippen molar-refractivity contribution in [3.05, 3.63) is 43.0 Å². The molecular weight excluding hydrogens is 316 g/mol. The van der Waals surface area contributed by atoms with Gasteiger partial charge in [-0.3, -0.25) is 4.79 Å². The number of carbonyl (C=O) groups excluding carboxylic acids is 1. The minimum atomic E-state index is -3.40. The molecule has 1 atom stereocenters. The first kappa shape index (κ1) is 15.7. The molecule has 1 aliphatic heterocycles. The zero-order chi connectivity index (χ0) is 16.3. The van der Waals surface area contributed by atoms with Gasteiger partial charge in [0, 0.05) is 12.6 Å². The summed E-state index contributed by atoms with van der Waals surface area (Å²) in [6.45, 7) is 0.671. The molecule has 1 amide bonds. The minimum absolute atomic E-state index is 0.0416. The predicted octanol–water partition coefficient (Wildman–Crippen LogP) is 0.743. The van der Waals surface area contributed by atoms with Crippen LogP contribution >= 0.6 is 0 Å². The molecule has 7 nitrogen and oxygen atoms in total. The fourth-order valence-corrected chi connectivity index (χ4v) is 4.48. The molecule has 0 spiro atoms. The molecule has 1 aromatic heterocycles. The van der Waals surface area contributed by atoms with Gasteiger partial charge in [-0.25, -0.2) is 18.1 Å². The van der Waals surface area contributed by atoms with Crippen molar-refractivity contribution >= 4 is 15.7 Å². The summed E-state index contributed by atoms with van der Waals surface area (Å²) in [6.07, 6.45) is 4.37. The van der Waals surface area contributed by atoms with E-state index in [0.29, 0.717) is 17.9 Å². The maximum atomic E-state index is 12.5. The Bertz CT molecular complexity index is 759. The second kappa shape index (κ2) is 6.49. The number of aromatic nitrogens is 3. The van der Waals surface area contributed by atoms with E-state index < -0.39 is 9.84 Å². The SMILES string of the molecule is O=C(Cn1cncn1)N1CCCC1CS(=O)(=O)c1ccccc1. The Morgan fingerprint density at radius 1 is 1.26 bits per heavy atom. The van der Waals surface area contributed by atoms with Crippen molar-refractivity contribution in [2.24, 2.45) is 0 Å². The molecule has 0 saturated carbocycles. The molecule has 0 aliphatic carbocycles. The smallest absolute Gasteiger partial charge is 0.244 e. The molecule has 8 heteroatoms. The van der Waals surface area contributed by atoms with Gasteiger partial charge >= 0.3 is 0 Å². The van der Waals surface area contributed by atoms with E-state index >= 15 is 0 Å². The van der Waals surface area contributed by atoms with Crippen LogP contribution in [-0.2, 0) is 21.2 Å². The summed E-state index contributed by atoms with van der Waals surface area (Å²) >= 11 is 0. The molecule has 1 fully saturated rings. The molecule has 1 aromatic carbocycles. The van der Waals surface area contributed by atoms with E-state index in [2.05, 4.69) is 10.1 Å². The Morgan fingerprint density at radius 3 is 2.74 bits per heavy atom. The number of amides is 1. The van der Waals surface area contributed by atoms with Crippen molar-refractivity contribution in [3.8, 4) is 0 Å². The second-order valence-electron chi connectivity index (χ2n) is 5.57. The summed E-state index contributed by atoms with van der Waals surface area (Å²) in [4.78, 5) is 18.1. The number of likely N-dealkylation sites (tertiary alicyclic amines) is 1. The number of benzene rings is 1. The first-order valence-electron chi connectivity index (χ1n) is 7.46. The minimum Gasteiger partial charge on any atom is -0.337 e. The summed E-state index contributed by atoms with van der Waals surface area (Å²) in [5.74, 6) is -0.165. The molecule has 122 valence electrons. The number of hydrogen-bond donors (Lipinski definition) is 0. The Labute approximate surface area is 134 Å². The van der Waals surface area contributed by atoms with Gasteiger partial charge in [-0.15, -0.1) is 0 Å². The number of carbonyl (C=O) groups is 1. The van der Waals surface area contributed by atoms with Crippen LogP contribution in [0.25, 0.3) is 0 Å². The van der Waals surface area contributed by atoms with Gasteiger partial charge < -0.3 is 4.90 Å². The number of sulfone groups is 1. The molecule has 2 heterocycles. The number of nitrogens with zero attached hydrogens (tertiary/aromatic N) is 4. The largest absolute Gasteiger partial charge is 0.337 e. The van der Waals surface area contributed by atoms with Gasteiger partial charge in [0.2, 0.25) is 5.91 Å². The lowest BCUT2D eigenvalue weighted by molar-refractivity contribution is -0.132. The highest BCUT2D eigenvalue weighted by Crippen LogP contribution is 2.22. The first-order valence-corrected chi connectivity index (χ1v) is 9.11. The van der Waals surface area contributed by atoms with Gasteiger partial charge in [0.05, 0.1) is 10.6 Å². The molecule has 0 radical (unpaired) electrons. The van der Waals surface area contributed by atoms with Gasteiger partial charge in [0.15, 0.2) is 9.84 Å². The zero-order valence-corrected chi connectivity index (χ0v) is 13.4. The Hall–Kier alpha value is -2.22. The lowest BCUT2D eigenvalue weighted by atomic mass is 10.2. The summed E-state index contributed by atoms with van der Waals surface area (Å²) in [6, 6.07) is 8.08. The van der Waals surface area contributed by atoms with Crippen LogP contribution in [0.3, 0.4) is 0 Å². The molecule has 0 N–H and O–H groups in total. The third kappa shape index (κ3) is 3.58. The van der Waals surface area contributed by atoms with Crippen molar-refractivity contribution in [1.82, 2.24) is 19.7 Å². The average molecular weight is 334 g/mol. The lowest BCUT2D eigenvalue weighted by Gasteiger charge is -2.24. The molecule has 2 aromatic rings. The maximum Gasteiger partial charge on any atom is 0.244 e. The molecule has 1 aliphatic rings. The second-order valence-corrected chi connectivity index (χ2v) is 7.60. The topological polar surface area (TPSA) is 85.2 Å². The predicted molar refractivity (Wildman–Crippen MR) is 83.3 cm³/mol. The van der Waals surface area contributed by atoms with Crippen LogP contribution < -0.4 is 0 Å². The molecule has 1 unspecified atom stereocenters. The van der Waals surface area contributed by atoms with Crippen LogP contribution in [0.5, 0.6) is 0 Å². The lowest BCUT2D eigenvalue weighted by Crippen LogP contribution is -2.41. The Balaban J connectivity index is 1.71. The summed E-state index contributed by atoms with van der Waals surface area (Å²) in [5.41, 5.74) is 0. The normalized spacial score (nSPS) is 18.3. The summed E-state index contributed by atoms with van der Waals surface area (Å²) in [5, 5.41) is 3.91. The maximum absolute atomic E-state index is 12.5. The summed E-state index contributed by atoms with van der Waals surface area (Å²) in [7, 11) is -3.40.